The summed E-state index contributed by atoms with van der Waals surface area (Å²) < 4.78 is 3.49. The van der Waals surface area contributed by atoms with Crippen LogP contribution in [0.1, 0.15) is 35.7 Å². The van der Waals surface area contributed by atoms with Crippen molar-refractivity contribution in [1.29, 1.82) is 0 Å². The number of rotatable bonds is 3. The van der Waals surface area contributed by atoms with Gasteiger partial charge in [-0.1, -0.05) is 42.5 Å². The zero-order valence-electron chi connectivity index (χ0n) is 16.1. The normalized spacial score (nSPS) is 15.7. The monoisotopic (exact) mass is 392 g/mol. The van der Waals surface area contributed by atoms with Crippen molar-refractivity contribution in [2.45, 2.75) is 32.2 Å². The van der Waals surface area contributed by atoms with E-state index >= 15 is 0 Å². The second-order valence-corrected chi connectivity index (χ2v) is 7.59. The zero-order chi connectivity index (χ0) is 19.7. The van der Waals surface area contributed by atoms with Crippen LogP contribution in [0.2, 0.25) is 0 Å². The van der Waals surface area contributed by atoms with Gasteiger partial charge in [0.2, 0.25) is 0 Å². The van der Waals surface area contributed by atoms with Gasteiger partial charge in [0.1, 0.15) is 5.69 Å². The fraction of sp³-hybridized carbons (Fsp3) is 0.273. The predicted molar refractivity (Wildman–Crippen MR) is 117 cm³/mol. The van der Waals surface area contributed by atoms with Crippen LogP contribution < -0.4 is 16.2 Å². The number of fused-ring (bicyclic) bond motifs is 1. The molecule has 0 aliphatic heterocycles. The molecule has 1 heterocycles. The molecular weight excluding hydrogens is 368 g/mol. The first-order valence-electron chi connectivity index (χ1n) is 9.55. The summed E-state index contributed by atoms with van der Waals surface area (Å²) in [7, 11) is 1.88. The Morgan fingerprint density at radius 1 is 1.11 bits per heavy atom. The second kappa shape index (κ2) is 7.64. The molecule has 0 radical (unpaired) electrons. The Bertz CT molecular complexity index is 1070. The Morgan fingerprint density at radius 2 is 1.82 bits per heavy atom. The van der Waals surface area contributed by atoms with Crippen LogP contribution in [-0.4, -0.2) is 14.5 Å². The summed E-state index contributed by atoms with van der Waals surface area (Å²) in [4.78, 5) is 13.0. The lowest BCUT2D eigenvalue weighted by Crippen LogP contribution is -2.35. The lowest BCUT2D eigenvalue weighted by molar-refractivity contribution is 0.529. The van der Waals surface area contributed by atoms with Crippen LogP contribution in [0.25, 0.3) is 5.69 Å². The molecule has 0 spiro atoms. The van der Waals surface area contributed by atoms with Gasteiger partial charge in [-0.2, -0.15) is 0 Å². The number of aryl methyl sites for hydroxylation is 1. The Kier molecular flexibility index (Phi) is 5.05. The molecular formula is C22H24N4OS. The highest BCUT2D eigenvalue weighted by molar-refractivity contribution is 7.80. The first-order valence-corrected chi connectivity index (χ1v) is 9.96. The predicted octanol–water partition coefficient (Wildman–Crippen LogP) is 3.85. The van der Waals surface area contributed by atoms with E-state index in [0.29, 0.717) is 10.8 Å². The number of hydrogen-bond donors (Lipinski definition) is 2. The van der Waals surface area contributed by atoms with Crippen LogP contribution in [0.3, 0.4) is 0 Å². The van der Waals surface area contributed by atoms with Gasteiger partial charge in [0, 0.05) is 7.05 Å². The van der Waals surface area contributed by atoms with E-state index in [-0.39, 0.29) is 11.6 Å². The fourth-order valence-corrected chi connectivity index (χ4v) is 4.17. The summed E-state index contributed by atoms with van der Waals surface area (Å²) in [6.45, 7) is 1.92. The number of anilines is 1. The van der Waals surface area contributed by atoms with Crippen LogP contribution in [-0.2, 0) is 13.5 Å². The summed E-state index contributed by atoms with van der Waals surface area (Å²) >= 11 is 5.55. The van der Waals surface area contributed by atoms with E-state index in [1.165, 1.54) is 11.1 Å². The molecule has 2 N–H and O–H groups in total. The van der Waals surface area contributed by atoms with Gasteiger partial charge in [-0.3, -0.25) is 9.48 Å². The van der Waals surface area contributed by atoms with Crippen molar-refractivity contribution in [3.8, 4) is 5.69 Å². The zero-order valence-corrected chi connectivity index (χ0v) is 16.9. The Balaban J connectivity index is 1.57. The number of thiocarbonyl (C=S) groups is 1. The fourth-order valence-electron chi connectivity index (χ4n) is 3.92. The van der Waals surface area contributed by atoms with Crippen molar-refractivity contribution in [3.05, 3.63) is 81.8 Å². The van der Waals surface area contributed by atoms with Crippen molar-refractivity contribution < 1.29 is 0 Å². The Labute approximate surface area is 170 Å². The smallest absolute Gasteiger partial charge is 0.295 e. The third-order valence-corrected chi connectivity index (χ3v) is 5.69. The molecule has 1 aliphatic rings. The minimum absolute atomic E-state index is 0.112. The summed E-state index contributed by atoms with van der Waals surface area (Å²) in [6.07, 6.45) is 3.26. The SMILES string of the molecule is Cc1c(NC(=S)NC2CCCc3ccccc32)c(=O)n(-c2ccccc2)n1C. The number of nitrogens with one attached hydrogen (secondary N) is 2. The largest absolute Gasteiger partial charge is 0.356 e. The van der Waals surface area contributed by atoms with E-state index < -0.39 is 0 Å². The van der Waals surface area contributed by atoms with Crippen LogP contribution in [0.5, 0.6) is 0 Å². The molecule has 1 aliphatic carbocycles. The molecule has 3 aromatic rings. The summed E-state index contributed by atoms with van der Waals surface area (Å²) in [6, 6.07) is 18.3. The van der Waals surface area contributed by atoms with Gasteiger partial charge < -0.3 is 10.6 Å². The Morgan fingerprint density at radius 3 is 2.61 bits per heavy atom. The summed E-state index contributed by atoms with van der Waals surface area (Å²) in [5, 5.41) is 7.04. The van der Waals surface area contributed by atoms with Crippen LogP contribution in [0, 0.1) is 6.92 Å². The topological polar surface area (TPSA) is 51.0 Å². The van der Waals surface area contributed by atoms with Crippen molar-refractivity contribution in [2.24, 2.45) is 7.05 Å². The lowest BCUT2D eigenvalue weighted by Gasteiger charge is -2.27. The van der Waals surface area contributed by atoms with Gasteiger partial charge in [0.25, 0.3) is 5.56 Å². The van der Waals surface area contributed by atoms with Crippen LogP contribution >= 0.6 is 12.2 Å². The molecule has 1 aromatic heterocycles. The molecule has 0 saturated carbocycles. The minimum Gasteiger partial charge on any atom is -0.356 e. The number of benzene rings is 2. The van der Waals surface area contributed by atoms with Crippen LogP contribution in [0.4, 0.5) is 5.69 Å². The molecule has 0 fully saturated rings. The second-order valence-electron chi connectivity index (χ2n) is 7.18. The lowest BCUT2D eigenvalue weighted by atomic mass is 9.88. The van der Waals surface area contributed by atoms with Gasteiger partial charge in [-0.15, -0.1) is 0 Å². The maximum Gasteiger partial charge on any atom is 0.295 e. The van der Waals surface area contributed by atoms with Gasteiger partial charge >= 0.3 is 0 Å². The van der Waals surface area contributed by atoms with Gasteiger partial charge in [0.05, 0.1) is 17.4 Å². The number of hydrogen-bond acceptors (Lipinski definition) is 2. The molecule has 2 aromatic carbocycles. The molecule has 5 nitrogen and oxygen atoms in total. The molecule has 28 heavy (non-hydrogen) atoms. The molecule has 4 rings (SSSR count). The first kappa shape index (κ1) is 18.5. The number of nitrogens with zero attached hydrogens (tertiary/aromatic N) is 2. The Hall–Kier alpha value is -2.86. The molecule has 0 amide bonds. The van der Waals surface area contributed by atoms with Crippen molar-refractivity contribution in [1.82, 2.24) is 14.7 Å². The average Bonchev–Trinajstić information content (AvgIpc) is 2.92. The minimum atomic E-state index is -0.112. The van der Waals surface area contributed by atoms with Crippen LogP contribution in [0.15, 0.2) is 59.4 Å². The quantitative estimate of drug-likeness (QED) is 0.665. The first-order chi connectivity index (χ1) is 13.6. The highest BCUT2D eigenvalue weighted by Gasteiger charge is 2.22. The molecule has 1 atom stereocenters. The third-order valence-electron chi connectivity index (χ3n) is 5.47. The molecule has 144 valence electrons. The van der Waals surface area contributed by atoms with E-state index in [0.717, 1.165) is 30.6 Å². The molecule has 1 unspecified atom stereocenters. The standard InChI is InChI=1S/C22H24N4OS/c1-15-20(21(27)26(25(15)2)17-11-4-3-5-12-17)24-22(28)23-19-14-8-10-16-9-6-7-13-18(16)19/h3-7,9,11-13,19H,8,10,14H2,1-2H3,(H2,23,24,28). The van der Waals surface area contributed by atoms with Crippen molar-refractivity contribution in [3.63, 3.8) is 0 Å². The van der Waals surface area contributed by atoms with Gasteiger partial charge in [0.15, 0.2) is 5.11 Å². The van der Waals surface area contributed by atoms with E-state index in [9.17, 15) is 4.79 Å². The van der Waals surface area contributed by atoms with E-state index in [2.05, 4.69) is 34.9 Å². The molecule has 6 heteroatoms. The van der Waals surface area contributed by atoms with Crippen molar-refractivity contribution in [2.75, 3.05) is 5.32 Å². The van der Waals surface area contributed by atoms with E-state index in [1.807, 2.05) is 49.0 Å². The molecule has 0 saturated heterocycles. The van der Waals surface area contributed by atoms with E-state index in [1.54, 1.807) is 4.68 Å². The van der Waals surface area contributed by atoms with E-state index in [4.69, 9.17) is 12.2 Å². The maximum absolute atomic E-state index is 13.0. The highest BCUT2D eigenvalue weighted by atomic mass is 32.1. The summed E-state index contributed by atoms with van der Waals surface area (Å²) in [5.74, 6) is 0. The highest BCUT2D eigenvalue weighted by Crippen LogP contribution is 2.29. The number of aromatic nitrogens is 2. The summed E-state index contributed by atoms with van der Waals surface area (Å²) in [5.41, 5.74) is 4.72. The number of para-hydroxylation sites is 1. The molecule has 0 bridgehead atoms. The van der Waals surface area contributed by atoms with Gasteiger partial charge in [-0.25, -0.2) is 4.68 Å². The maximum atomic E-state index is 13.0. The van der Waals surface area contributed by atoms with Crippen molar-refractivity contribution >= 4 is 23.0 Å². The average molecular weight is 393 g/mol. The third kappa shape index (κ3) is 3.36. The van der Waals surface area contributed by atoms with Gasteiger partial charge in [-0.05, 0) is 61.7 Å².